The zero-order valence-electron chi connectivity index (χ0n) is 10.6. The molecule has 1 aliphatic rings. The smallest absolute Gasteiger partial charge is 0.394 e. The van der Waals surface area contributed by atoms with Crippen molar-refractivity contribution in [3.63, 3.8) is 0 Å². The summed E-state index contributed by atoms with van der Waals surface area (Å²) >= 11 is 0. The Kier molecular flexibility index (Phi) is 4.19. The van der Waals surface area contributed by atoms with Crippen LogP contribution in [0.5, 0.6) is 6.08 Å². The Morgan fingerprint density at radius 2 is 2.50 bits per heavy atom. The summed E-state index contributed by atoms with van der Waals surface area (Å²) in [6.07, 6.45) is 2.45. The molecular weight excluding hydrogens is 236 g/mol. The van der Waals surface area contributed by atoms with Gasteiger partial charge in [-0.2, -0.15) is 4.98 Å². The quantitative estimate of drug-likeness (QED) is 0.815. The van der Waals surface area contributed by atoms with Gasteiger partial charge in [0.05, 0.1) is 6.61 Å². The van der Waals surface area contributed by atoms with Crippen LogP contribution in [-0.2, 0) is 4.74 Å². The van der Waals surface area contributed by atoms with Crippen LogP contribution in [-0.4, -0.2) is 36.8 Å². The molecule has 0 aromatic carbocycles. The van der Waals surface area contributed by atoms with Gasteiger partial charge in [0.1, 0.15) is 12.4 Å². The van der Waals surface area contributed by atoms with Crippen LogP contribution in [0.4, 0.5) is 0 Å². The van der Waals surface area contributed by atoms with Gasteiger partial charge in [0, 0.05) is 6.54 Å². The highest BCUT2D eigenvalue weighted by molar-refractivity contribution is 5.86. The van der Waals surface area contributed by atoms with Crippen molar-refractivity contribution in [1.29, 1.82) is 0 Å². The molecule has 1 aliphatic heterocycles. The van der Waals surface area contributed by atoms with E-state index in [1.54, 1.807) is 6.92 Å². The first-order valence-corrected chi connectivity index (χ1v) is 6.20. The van der Waals surface area contributed by atoms with Crippen LogP contribution in [0.1, 0.15) is 30.8 Å². The van der Waals surface area contributed by atoms with Crippen LogP contribution in [0.15, 0.2) is 10.7 Å². The number of rotatable bonds is 4. The van der Waals surface area contributed by atoms with Gasteiger partial charge in [0.25, 0.3) is 0 Å². The number of carbonyl (C=O) groups is 1. The maximum atomic E-state index is 11.4. The van der Waals surface area contributed by atoms with Gasteiger partial charge >= 0.3 is 12.0 Å². The lowest BCUT2D eigenvalue weighted by Gasteiger charge is -2.28. The topological polar surface area (TPSA) is 73.6 Å². The van der Waals surface area contributed by atoms with Crippen LogP contribution >= 0.6 is 0 Å². The fourth-order valence-electron chi connectivity index (χ4n) is 1.86. The number of carbonyl (C=O) groups excluding carboxylic acids is 1. The highest BCUT2D eigenvalue weighted by Crippen LogP contribution is 2.19. The number of esters is 1. The van der Waals surface area contributed by atoms with Crippen molar-refractivity contribution < 1.29 is 18.7 Å². The molecule has 2 atom stereocenters. The molecule has 100 valence electrons. The lowest BCUT2D eigenvalue weighted by Crippen LogP contribution is -2.42. The summed E-state index contributed by atoms with van der Waals surface area (Å²) in [4.78, 5) is 15.4. The van der Waals surface area contributed by atoms with Crippen molar-refractivity contribution >= 4 is 5.97 Å². The van der Waals surface area contributed by atoms with E-state index in [2.05, 4.69) is 17.2 Å². The Morgan fingerprint density at radius 3 is 3.22 bits per heavy atom. The second kappa shape index (κ2) is 5.86. The van der Waals surface area contributed by atoms with Gasteiger partial charge in [-0.05, 0) is 25.8 Å². The number of nitrogens with zero attached hydrogens (tertiary/aromatic N) is 1. The van der Waals surface area contributed by atoms with E-state index < -0.39 is 5.97 Å². The van der Waals surface area contributed by atoms with E-state index in [1.807, 2.05) is 0 Å². The number of aromatic nitrogens is 1. The Morgan fingerprint density at radius 1 is 1.67 bits per heavy atom. The summed E-state index contributed by atoms with van der Waals surface area (Å²) in [6.45, 7) is 5.94. The lowest BCUT2D eigenvalue weighted by molar-refractivity contribution is 0.0517. The standard InChI is InChI=1S/C12H18N2O4/c1-3-16-11(15)9-7-17-12(14-9)18-10-6-13-5-4-8(10)2/h7-8,10,13H,3-6H2,1-2H3. The SMILES string of the molecule is CCOC(=O)c1coc(OC2CNCCC2C)n1. The van der Waals surface area contributed by atoms with Crippen molar-refractivity contribution in [2.75, 3.05) is 19.7 Å². The zero-order valence-corrected chi connectivity index (χ0v) is 10.6. The third-order valence-corrected chi connectivity index (χ3v) is 2.98. The van der Waals surface area contributed by atoms with Crippen molar-refractivity contribution in [3.05, 3.63) is 12.0 Å². The summed E-state index contributed by atoms with van der Waals surface area (Å²) in [5.41, 5.74) is 0.142. The van der Waals surface area contributed by atoms with E-state index in [4.69, 9.17) is 13.9 Å². The fourth-order valence-corrected chi connectivity index (χ4v) is 1.86. The molecule has 2 rings (SSSR count). The molecule has 1 aromatic heterocycles. The minimum absolute atomic E-state index is 0.0208. The van der Waals surface area contributed by atoms with Gasteiger partial charge < -0.3 is 19.2 Å². The number of piperidine rings is 1. The van der Waals surface area contributed by atoms with Gasteiger partial charge in [-0.25, -0.2) is 4.79 Å². The first-order chi connectivity index (χ1) is 8.70. The lowest BCUT2D eigenvalue weighted by atomic mass is 9.97. The van der Waals surface area contributed by atoms with Gasteiger partial charge in [0.15, 0.2) is 5.69 Å². The van der Waals surface area contributed by atoms with Crippen molar-refractivity contribution in [2.24, 2.45) is 5.92 Å². The molecule has 1 saturated heterocycles. The van der Waals surface area contributed by atoms with E-state index in [0.717, 1.165) is 19.5 Å². The van der Waals surface area contributed by atoms with Gasteiger partial charge in [-0.15, -0.1) is 0 Å². The minimum atomic E-state index is -0.495. The number of ether oxygens (including phenoxy) is 2. The number of hydrogen-bond donors (Lipinski definition) is 1. The van der Waals surface area contributed by atoms with Crippen molar-refractivity contribution in [3.8, 4) is 6.08 Å². The molecule has 0 amide bonds. The molecule has 1 fully saturated rings. The van der Waals surface area contributed by atoms with E-state index in [-0.39, 0.29) is 17.9 Å². The molecule has 2 unspecified atom stereocenters. The monoisotopic (exact) mass is 254 g/mol. The first kappa shape index (κ1) is 12.9. The maximum Gasteiger partial charge on any atom is 0.394 e. The van der Waals surface area contributed by atoms with Crippen LogP contribution in [0, 0.1) is 5.92 Å². The molecule has 0 saturated carbocycles. The first-order valence-electron chi connectivity index (χ1n) is 6.20. The molecule has 0 radical (unpaired) electrons. The molecule has 1 aromatic rings. The average molecular weight is 254 g/mol. The fraction of sp³-hybridized carbons (Fsp3) is 0.667. The summed E-state index contributed by atoms with van der Waals surface area (Å²) in [5, 5.41) is 3.25. The number of nitrogens with one attached hydrogen (secondary N) is 1. The molecule has 1 N–H and O–H groups in total. The van der Waals surface area contributed by atoms with Crippen LogP contribution < -0.4 is 10.1 Å². The number of hydrogen-bond acceptors (Lipinski definition) is 6. The second-order valence-electron chi connectivity index (χ2n) is 4.35. The van der Waals surface area contributed by atoms with Crippen LogP contribution in [0.2, 0.25) is 0 Å². The molecule has 0 aliphatic carbocycles. The predicted molar refractivity (Wildman–Crippen MR) is 63.5 cm³/mol. The normalized spacial score (nSPS) is 23.7. The zero-order chi connectivity index (χ0) is 13.0. The molecule has 0 bridgehead atoms. The summed E-state index contributed by atoms with van der Waals surface area (Å²) in [5.74, 6) is -0.0601. The summed E-state index contributed by atoms with van der Waals surface area (Å²) < 4.78 is 15.6. The van der Waals surface area contributed by atoms with Gasteiger partial charge in [-0.1, -0.05) is 6.92 Å². The highest BCUT2D eigenvalue weighted by atomic mass is 16.6. The van der Waals surface area contributed by atoms with Crippen LogP contribution in [0.25, 0.3) is 0 Å². The summed E-state index contributed by atoms with van der Waals surface area (Å²) in [6, 6.07) is 0. The van der Waals surface area contributed by atoms with Gasteiger partial charge in [-0.3, -0.25) is 0 Å². The third kappa shape index (κ3) is 3.01. The van der Waals surface area contributed by atoms with Crippen molar-refractivity contribution in [1.82, 2.24) is 10.3 Å². The Bertz CT molecular complexity index is 405. The second-order valence-corrected chi connectivity index (χ2v) is 4.35. The predicted octanol–water partition coefficient (Wildman–Crippen LogP) is 1.23. The van der Waals surface area contributed by atoms with E-state index >= 15 is 0 Å². The Hall–Kier alpha value is -1.56. The number of oxazole rings is 1. The summed E-state index contributed by atoms with van der Waals surface area (Å²) in [7, 11) is 0. The molecular formula is C12H18N2O4. The van der Waals surface area contributed by atoms with E-state index in [9.17, 15) is 4.79 Å². The Balaban J connectivity index is 1.95. The average Bonchev–Trinajstić information content (AvgIpc) is 2.81. The minimum Gasteiger partial charge on any atom is -0.461 e. The van der Waals surface area contributed by atoms with Gasteiger partial charge in [0.2, 0.25) is 0 Å². The van der Waals surface area contributed by atoms with E-state index in [1.165, 1.54) is 6.26 Å². The maximum absolute atomic E-state index is 11.4. The van der Waals surface area contributed by atoms with Crippen molar-refractivity contribution in [2.45, 2.75) is 26.4 Å². The largest absolute Gasteiger partial charge is 0.461 e. The highest BCUT2D eigenvalue weighted by Gasteiger charge is 2.25. The molecule has 6 nitrogen and oxygen atoms in total. The molecule has 0 spiro atoms. The third-order valence-electron chi connectivity index (χ3n) is 2.98. The molecule has 2 heterocycles. The molecule has 18 heavy (non-hydrogen) atoms. The van der Waals surface area contributed by atoms with E-state index in [0.29, 0.717) is 12.5 Å². The van der Waals surface area contributed by atoms with Crippen LogP contribution in [0.3, 0.4) is 0 Å². The molecule has 6 heteroatoms. The Labute approximate surface area is 106 Å².